The number of aliphatic carboxylic acids is 1. The molecule has 2 rings (SSSR count). The molecular formula is C12H14BrNO4. The Morgan fingerprint density at radius 3 is 2.89 bits per heavy atom. The Kier molecular flexibility index (Phi) is 3.75. The normalized spacial score (nSPS) is 24.3. The molecule has 0 aliphatic carbocycles. The van der Waals surface area contributed by atoms with Crippen LogP contribution >= 0.6 is 15.9 Å². The standard InChI is InChI=1S/C12H14BrNO4/c1-2-14-9(15)4-3-7(12(16)17)10(14)11-8(13)5-6-18-11/h5-7,10H,2-4H2,1H3,(H,16,17). The molecule has 1 aromatic heterocycles. The second kappa shape index (κ2) is 5.14. The van der Waals surface area contributed by atoms with Crippen LogP contribution in [0.1, 0.15) is 31.6 Å². The average molecular weight is 316 g/mol. The Bertz CT molecular complexity index is 468. The summed E-state index contributed by atoms with van der Waals surface area (Å²) in [5.41, 5.74) is 0. The van der Waals surface area contributed by atoms with Gasteiger partial charge in [-0.05, 0) is 35.3 Å². The first-order valence-corrected chi connectivity index (χ1v) is 6.60. The molecule has 1 fully saturated rings. The van der Waals surface area contributed by atoms with Gasteiger partial charge in [-0.1, -0.05) is 0 Å². The highest BCUT2D eigenvalue weighted by molar-refractivity contribution is 9.10. The lowest BCUT2D eigenvalue weighted by atomic mass is 9.87. The van der Waals surface area contributed by atoms with Crippen molar-refractivity contribution in [2.24, 2.45) is 5.92 Å². The third-order valence-corrected chi connectivity index (χ3v) is 3.93. The fraction of sp³-hybridized carbons (Fsp3) is 0.500. The molecule has 0 bridgehead atoms. The number of carboxylic acid groups (broad SMARTS) is 1. The van der Waals surface area contributed by atoms with Crippen molar-refractivity contribution >= 4 is 27.8 Å². The van der Waals surface area contributed by atoms with Crippen molar-refractivity contribution in [3.8, 4) is 0 Å². The quantitative estimate of drug-likeness (QED) is 0.930. The van der Waals surface area contributed by atoms with E-state index in [0.717, 1.165) is 0 Å². The van der Waals surface area contributed by atoms with E-state index in [1.807, 2.05) is 6.92 Å². The van der Waals surface area contributed by atoms with Crippen LogP contribution in [0.5, 0.6) is 0 Å². The Morgan fingerprint density at radius 2 is 2.39 bits per heavy atom. The van der Waals surface area contributed by atoms with Crippen LogP contribution in [0.3, 0.4) is 0 Å². The van der Waals surface area contributed by atoms with E-state index in [4.69, 9.17) is 4.42 Å². The molecule has 1 aromatic rings. The average Bonchev–Trinajstić information content (AvgIpc) is 2.74. The van der Waals surface area contributed by atoms with Crippen LogP contribution < -0.4 is 0 Å². The van der Waals surface area contributed by atoms with Gasteiger partial charge in [-0.25, -0.2) is 0 Å². The number of furan rings is 1. The third-order valence-electron chi connectivity index (χ3n) is 3.28. The van der Waals surface area contributed by atoms with E-state index in [-0.39, 0.29) is 12.3 Å². The lowest BCUT2D eigenvalue weighted by Gasteiger charge is -2.37. The molecule has 2 unspecified atom stereocenters. The summed E-state index contributed by atoms with van der Waals surface area (Å²) in [5.74, 6) is -1.03. The highest BCUT2D eigenvalue weighted by atomic mass is 79.9. The third kappa shape index (κ3) is 2.16. The number of hydrogen-bond donors (Lipinski definition) is 1. The van der Waals surface area contributed by atoms with E-state index < -0.39 is 17.9 Å². The molecule has 0 aromatic carbocycles. The zero-order valence-electron chi connectivity index (χ0n) is 9.93. The number of likely N-dealkylation sites (tertiary alicyclic amines) is 1. The van der Waals surface area contributed by atoms with Gasteiger partial charge in [0.05, 0.1) is 16.7 Å². The van der Waals surface area contributed by atoms with Crippen LogP contribution in [0.4, 0.5) is 0 Å². The van der Waals surface area contributed by atoms with E-state index in [2.05, 4.69) is 15.9 Å². The van der Waals surface area contributed by atoms with Gasteiger partial charge >= 0.3 is 5.97 Å². The molecule has 1 aliphatic rings. The molecule has 5 nitrogen and oxygen atoms in total. The smallest absolute Gasteiger partial charge is 0.309 e. The van der Waals surface area contributed by atoms with Crippen LogP contribution in [-0.2, 0) is 9.59 Å². The molecule has 1 amide bonds. The van der Waals surface area contributed by atoms with Crippen molar-refractivity contribution in [3.63, 3.8) is 0 Å². The van der Waals surface area contributed by atoms with Crippen molar-refractivity contribution in [2.45, 2.75) is 25.8 Å². The fourth-order valence-electron chi connectivity index (χ4n) is 2.43. The maximum absolute atomic E-state index is 11.9. The number of rotatable bonds is 3. The summed E-state index contributed by atoms with van der Waals surface area (Å²) in [6.45, 7) is 2.31. The molecule has 18 heavy (non-hydrogen) atoms. The van der Waals surface area contributed by atoms with Crippen LogP contribution in [-0.4, -0.2) is 28.4 Å². The van der Waals surface area contributed by atoms with E-state index in [1.54, 1.807) is 11.0 Å². The summed E-state index contributed by atoms with van der Waals surface area (Å²) >= 11 is 3.33. The highest BCUT2D eigenvalue weighted by Gasteiger charge is 2.42. The minimum atomic E-state index is -0.894. The first-order chi connectivity index (χ1) is 8.56. The number of carboxylic acids is 1. The van der Waals surface area contributed by atoms with Crippen molar-refractivity contribution in [1.29, 1.82) is 0 Å². The number of hydrogen-bond acceptors (Lipinski definition) is 3. The second-order valence-corrected chi connectivity index (χ2v) is 5.10. The predicted octanol–water partition coefficient (Wildman–Crippen LogP) is 2.43. The summed E-state index contributed by atoms with van der Waals surface area (Å²) in [4.78, 5) is 24.8. The van der Waals surface area contributed by atoms with E-state index in [0.29, 0.717) is 23.2 Å². The number of carbonyl (C=O) groups excluding carboxylic acids is 1. The molecule has 6 heteroatoms. The molecule has 1 N–H and O–H groups in total. The molecule has 2 heterocycles. The van der Waals surface area contributed by atoms with Crippen LogP contribution in [0.15, 0.2) is 21.2 Å². The number of carbonyl (C=O) groups is 2. The Morgan fingerprint density at radius 1 is 1.67 bits per heavy atom. The maximum Gasteiger partial charge on any atom is 0.309 e. The van der Waals surface area contributed by atoms with Crippen LogP contribution in [0.25, 0.3) is 0 Å². The Hall–Kier alpha value is -1.30. The number of piperidine rings is 1. The first-order valence-electron chi connectivity index (χ1n) is 5.81. The van der Waals surface area contributed by atoms with Gasteiger partial charge in [-0.15, -0.1) is 0 Å². The molecule has 1 saturated heterocycles. The summed E-state index contributed by atoms with van der Waals surface area (Å²) in [6, 6.07) is 1.18. The lowest BCUT2D eigenvalue weighted by molar-refractivity contribution is -0.152. The summed E-state index contributed by atoms with van der Waals surface area (Å²) in [6.07, 6.45) is 2.12. The summed E-state index contributed by atoms with van der Waals surface area (Å²) in [7, 11) is 0. The fourth-order valence-corrected chi connectivity index (χ4v) is 2.86. The minimum absolute atomic E-state index is 0.0247. The summed E-state index contributed by atoms with van der Waals surface area (Å²) < 4.78 is 6.06. The molecule has 1 aliphatic heterocycles. The maximum atomic E-state index is 11.9. The first kappa shape index (κ1) is 13.1. The lowest BCUT2D eigenvalue weighted by Crippen LogP contribution is -2.45. The van der Waals surface area contributed by atoms with Gasteiger partial charge in [0.1, 0.15) is 11.8 Å². The van der Waals surface area contributed by atoms with Gasteiger partial charge in [-0.2, -0.15) is 0 Å². The van der Waals surface area contributed by atoms with Gasteiger partial charge in [0.25, 0.3) is 0 Å². The van der Waals surface area contributed by atoms with Gasteiger partial charge in [0.15, 0.2) is 0 Å². The monoisotopic (exact) mass is 315 g/mol. The second-order valence-electron chi connectivity index (χ2n) is 4.24. The van der Waals surface area contributed by atoms with Crippen molar-refractivity contribution in [1.82, 2.24) is 4.90 Å². The zero-order valence-corrected chi connectivity index (χ0v) is 11.5. The highest BCUT2D eigenvalue weighted by Crippen LogP contribution is 2.40. The van der Waals surface area contributed by atoms with Crippen molar-refractivity contribution in [2.75, 3.05) is 6.54 Å². The van der Waals surface area contributed by atoms with E-state index >= 15 is 0 Å². The number of halogens is 1. The summed E-state index contributed by atoms with van der Waals surface area (Å²) in [5, 5.41) is 9.30. The SMILES string of the molecule is CCN1C(=O)CCC(C(=O)O)C1c1occc1Br. The van der Waals surface area contributed by atoms with E-state index in [9.17, 15) is 14.7 Å². The van der Waals surface area contributed by atoms with Gasteiger partial charge < -0.3 is 14.4 Å². The van der Waals surface area contributed by atoms with Crippen molar-refractivity contribution < 1.29 is 19.1 Å². The Balaban J connectivity index is 2.43. The molecule has 0 spiro atoms. The minimum Gasteiger partial charge on any atom is -0.481 e. The number of nitrogens with zero attached hydrogens (tertiary/aromatic N) is 1. The molecule has 2 atom stereocenters. The van der Waals surface area contributed by atoms with Gasteiger partial charge in [0.2, 0.25) is 5.91 Å². The molecule has 0 saturated carbocycles. The topological polar surface area (TPSA) is 70.8 Å². The molecular weight excluding hydrogens is 302 g/mol. The van der Waals surface area contributed by atoms with E-state index in [1.165, 1.54) is 6.26 Å². The molecule has 0 radical (unpaired) electrons. The largest absolute Gasteiger partial charge is 0.481 e. The molecule has 98 valence electrons. The zero-order chi connectivity index (χ0) is 13.3. The predicted molar refractivity (Wildman–Crippen MR) is 66.9 cm³/mol. The van der Waals surface area contributed by atoms with Crippen molar-refractivity contribution in [3.05, 3.63) is 22.6 Å². The van der Waals surface area contributed by atoms with Crippen LogP contribution in [0.2, 0.25) is 0 Å². The Labute approximate surface area is 113 Å². The van der Waals surface area contributed by atoms with Gasteiger partial charge in [0, 0.05) is 13.0 Å². The van der Waals surface area contributed by atoms with Gasteiger partial charge in [-0.3, -0.25) is 9.59 Å². The van der Waals surface area contributed by atoms with Crippen LogP contribution in [0, 0.1) is 5.92 Å². The number of amides is 1.